The van der Waals surface area contributed by atoms with E-state index in [9.17, 15) is 15.3 Å². The summed E-state index contributed by atoms with van der Waals surface area (Å²) in [4.78, 5) is 13.7. The molecule has 1 aliphatic heterocycles. The highest BCUT2D eigenvalue weighted by molar-refractivity contribution is 5.84. The zero-order chi connectivity index (χ0) is 30.2. The normalized spacial score (nSPS) is 22.0. The zero-order valence-electron chi connectivity index (χ0n) is 24.0. The number of aromatic nitrogens is 4. The van der Waals surface area contributed by atoms with E-state index < -0.39 is 36.2 Å². The van der Waals surface area contributed by atoms with Gasteiger partial charge in [-0.15, -0.1) is 0 Å². The summed E-state index contributed by atoms with van der Waals surface area (Å²) < 4.78 is 18.3. The summed E-state index contributed by atoms with van der Waals surface area (Å²) in [6.45, 7) is 1.00. The van der Waals surface area contributed by atoms with E-state index in [1.165, 1.54) is 19.6 Å². The Balaban J connectivity index is 1.54. The van der Waals surface area contributed by atoms with Crippen molar-refractivity contribution in [3.63, 3.8) is 0 Å². The fourth-order valence-corrected chi connectivity index (χ4v) is 5.77. The molecule has 0 saturated carbocycles. The van der Waals surface area contributed by atoms with Crippen LogP contribution >= 0.6 is 0 Å². The third-order valence-corrected chi connectivity index (χ3v) is 8.10. The molecule has 222 valence electrons. The Hall–Kier alpha value is -4.55. The summed E-state index contributed by atoms with van der Waals surface area (Å²) >= 11 is 0. The van der Waals surface area contributed by atoms with Gasteiger partial charge in [-0.1, -0.05) is 54.6 Å². The SMILES string of the molecule is COc1ccc(C(Nc2ncnc3c2ncn3[C@@H]2O[C@H](CO)C(O)[C@]2(C)O)(c2ccccc2)c2ccc(OC)cc2)cc1. The first-order valence-corrected chi connectivity index (χ1v) is 13.8. The first kappa shape index (κ1) is 28.6. The van der Waals surface area contributed by atoms with Crippen molar-refractivity contribution in [1.29, 1.82) is 0 Å². The first-order valence-electron chi connectivity index (χ1n) is 13.8. The van der Waals surface area contributed by atoms with Crippen LogP contribution < -0.4 is 14.8 Å². The number of anilines is 1. The highest BCUT2D eigenvalue weighted by atomic mass is 16.6. The Labute approximate surface area is 248 Å². The molecule has 3 heterocycles. The number of benzene rings is 3. The van der Waals surface area contributed by atoms with Crippen LogP contribution in [0.4, 0.5) is 5.82 Å². The average molecular weight is 584 g/mol. The number of methoxy groups -OCH3 is 2. The minimum Gasteiger partial charge on any atom is -0.497 e. The minimum atomic E-state index is -1.71. The van der Waals surface area contributed by atoms with Crippen molar-refractivity contribution in [2.24, 2.45) is 0 Å². The second-order valence-electron chi connectivity index (χ2n) is 10.6. The zero-order valence-corrected chi connectivity index (χ0v) is 24.0. The monoisotopic (exact) mass is 583 g/mol. The maximum Gasteiger partial charge on any atom is 0.168 e. The maximum absolute atomic E-state index is 11.1. The molecule has 1 fully saturated rings. The van der Waals surface area contributed by atoms with Gasteiger partial charge in [0.25, 0.3) is 0 Å². The Morgan fingerprint density at radius 1 is 0.884 bits per heavy atom. The summed E-state index contributed by atoms with van der Waals surface area (Å²) in [5, 5.41) is 35.1. The molecule has 0 amide bonds. The third kappa shape index (κ3) is 4.76. The van der Waals surface area contributed by atoms with Crippen molar-refractivity contribution >= 4 is 17.0 Å². The lowest BCUT2D eigenvalue weighted by atomic mass is 9.77. The first-order chi connectivity index (χ1) is 20.8. The van der Waals surface area contributed by atoms with Crippen molar-refractivity contribution in [3.8, 4) is 11.5 Å². The molecule has 43 heavy (non-hydrogen) atoms. The summed E-state index contributed by atoms with van der Waals surface area (Å²) in [6.07, 6.45) is -0.428. The molecule has 3 aromatic carbocycles. The molecular weight excluding hydrogens is 550 g/mol. The lowest BCUT2D eigenvalue weighted by Crippen LogP contribution is -2.44. The summed E-state index contributed by atoms with van der Waals surface area (Å²) in [6, 6.07) is 25.6. The van der Waals surface area contributed by atoms with Gasteiger partial charge in [-0.25, -0.2) is 15.0 Å². The highest BCUT2D eigenvalue weighted by Crippen LogP contribution is 2.43. The van der Waals surface area contributed by atoms with E-state index in [1.54, 1.807) is 18.8 Å². The molecule has 0 spiro atoms. The van der Waals surface area contributed by atoms with Crippen LogP contribution in [0.2, 0.25) is 0 Å². The number of fused-ring (bicyclic) bond motifs is 1. The number of hydrogen-bond acceptors (Lipinski definition) is 10. The molecule has 1 unspecified atom stereocenters. The van der Waals surface area contributed by atoms with E-state index in [0.717, 1.165) is 28.2 Å². The highest BCUT2D eigenvalue weighted by Gasteiger charge is 2.53. The molecule has 5 aromatic rings. The Morgan fingerprint density at radius 3 is 2.00 bits per heavy atom. The fourth-order valence-electron chi connectivity index (χ4n) is 5.77. The van der Waals surface area contributed by atoms with Crippen molar-refractivity contribution in [2.45, 2.75) is 36.5 Å². The minimum absolute atomic E-state index is 0.375. The number of imidazole rings is 1. The average Bonchev–Trinajstić information content (AvgIpc) is 3.58. The van der Waals surface area contributed by atoms with Gasteiger partial charge in [-0.2, -0.15) is 0 Å². The lowest BCUT2D eigenvalue weighted by molar-refractivity contribution is -0.0950. The van der Waals surface area contributed by atoms with Crippen molar-refractivity contribution in [3.05, 3.63) is 108 Å². The predicted octanol–water partition coefficient (Wildman–Crippen LogP) is 3.25. The van der Waals surface area contributed by atoms with Crippen molar-refractivity contribution in [2.75, 3.05) is 26.1 Å². The number of ether oxygens (including phenoxy) is 3. The molecule has 1 saturated heterocycles. The van der Waals surface area contributed by atoms with Gasteiger partial charge in [-0.3, -0.25) is 4.57 Å². The standard InChI is InChI=1S/C32H33N5O6/c1-31(40)27(39)25(17-38)43-30(31)37-19-35-26-28(33-18-34-29(26)37)36-32(20-7-5-4-6-8-20,21-9-13-23(41-2)14-10-21)22-11-15-24(42-3)16-12-22/h4-16,18-19,25,27,30,38-40H,17H2,1-3H3,(H,33,34,36)/t25-,27?,30-,31+/m1/s1. The van der Waals surface area contributed by atoms with E-state index in [0.29, 0.717) is 17.0 Å². The molecule has 1 aliphatic rings. The van der Waals surface area contributed by atoms with Crippen molar-refractivity contribution in [1.82, 2.24) is 19.5 Å². The van der Waals surface area contributed by atoms with Crippen molar-refractivity contribution < 1.29 is 29.5 Å². The number of aliphatic hydroxyl groups excluding tert-OH is 2. The van der Waals surface area contributed by atoms with Crippen LogP contribution in [-0.2, 0) is 10.3 Å². The van der Waals surface area contributed by atoms with Gasteiger partial charge in [0.1, 0.15) is 41.2 Å². The maximum atomic E-state index is 11.1. The molecular formula is C32H33N5O6. The Morgan fingerprint density at radius 2 is 1.47 bits per heavy atom. The van der Waals surface area contributed by atoms with Gasteiger partial charge in [0.2, 0.25) is 0 Å². The number of hydrogen-bond donors (Lipinski definition) is 4. The number of aliphatic hydroxyl groups is 3. The quantitative estimate of drug-likeness (QED) is 0.191. The number of rotatable bonds is 9. The molecule has 0 bridgehead atoms. The molecule has 4 atom stereocenters. The van der Waals surface area contributed by atoms with Crippen LogP contribution in [0.1, 0.15) is 29.8 Å². The van der Waals surface area contributed by atoms with Gasteiger partial charge in [0.05, 0.1) is 27.2 Å². The molecule has 2 aromatic heterocycles. The summed E-state index contributed by atoms with van der Waals surface area (Å²) in [5.41, 5.74) is 0.884. The van der Waals surface area contributed by atoms with E-state index in [1.807, 2.05) is 78.9 Å². The molecule has 0 radical (unpaired) electrons. The van der Waals surface area contributed by atoms with Crippen LogP contribution in [0.3, 0.4) is 0 Å². The van der Waals surface area contributed by atoms with Crippen LogP contribution in [0.15, 0.2) is 91.5 Å². The number of nitrogens with zero attached hydrogens (tertiary/aromatic N) is 4. The van der Waals surface area contributed by atoms with Crippen LogP contribution in [0.25, 0.3) is 11.2 Å². The van der Waals surface area contributed by atoms with Crippen LogP contribution in [0, 0.1) is 0 Å². The number of nitrogens with one attached hydrogen (secondary N) is 1. The second-order valence-corrected chi connectivity index (χ2v) is 10.6. The topological polar surface area (TPSA) is 144 Å². The van der Waals surface area contributed by atoms with Crippen LogP contribution in [-0.4, -0.2) is 73.5 Å². The molecule has 4 N–H and O–H groups in total. The van der Waals surface area contributed by atoms with Gasteiger partial charge in [0, 0.05) is 0 Å². The Bertz CT molecular complexity index is 1640. The Kier molecular flexibility index (Phi) is 7.49. The van der Waals surface area contributed by atoms with Gasteiger partial charge in [0.15, 0.2) is 23.2 Å². The summed E-state index contributed by atoms with van der Waals surface area (Å²) in [7, 11) is 3.25. The fraction of sp³-hybridized carbons (Fsp3) is 0.281. The molecule has 11 heteroatoms. The largest absolute Gasteiger partial charge is 0.497 e. The van der Waals surface area contributed by atoms with Crippen LogP contribution in [0.5, 0.6) is 11.5 Å². The van der Waals surface area contributed by atoms with Gasteiger partial charge >= 0.3 is 0 Å². The van der Waals surface area contributed by atoms with Gasteiger partial charge in [-0.05, 0) is 47.9 Å². The van der Waals surface area contributed by atoms with E-state index in [-0.39, 0.29) is 0 Å². The third-order valence-electron chi connectivity index (χ3n) is 8.10. The van der Waals surface area contributed by atoms with Gasteiger partial charge < -0.3 is 34.8 Å². The smallest absolute Gasteiger partial charge is 0.168 e. The second kappa shape index (κ2) is 11.3. The van der Waals surface area contributed by atoms with E-state index >= 15 is 0 Å². The molecule has 6 rings (SSSR count). The predicted molar refractivity (Wildman–Crippen MR) is 159 cm³/mol. The lowest BCUT2D eigenvalue weighted by Gasteiger charge is -2.37. The van der Waals surface area contributed by atoms with E-state index in [2.05, 4.69) is 20.3 Å². The van der Waals surface area contributed by atoms with E-state index in [4.69, 9.17) is 14.2 Å². The summed E-state index contributed by atoms with van der Waals surface area (Å²) in [5.74, 6) is 1.86. The molecule has 11 nitrogen and oxygen atoms in total. The molecule has 0 aliphatic carbocycles.